The molecule has 1 aliphatic carbocycles. The molecular formula is C16H32N2. The summed E-state index contributed by atoms with van der Waals surface area (Å²) in [5, 5.41) is 3.87. The molecule has 106 valence electrons. The maximum atomic E-state index is 3.87. The van der Waals surface area contributed by atoms with Crippen molar-refractivity contribution in [3.05, 3.63) is 0 Å². The van der Waals surface area contributed by atoms with Gasteiger partial charge in [-0.15, -0.1) is 0 Å². The molecule has 0 aromatic carbocycles. The first-order chi connectivity index (χ1) is 8.66. The van der Waals surface area contributed by atoms with Crippen molar-refractivity contribution in [3.63, 3.8) is 0 Å². The molecule has 1 saturated carbocycles. The lowest BCUT2D eigenvalue weighted by atomic mass is 9.87. The molecule has 1 heterocycles. The average molecular weight is 252 g/mol. The van der Waals surface area contributed by atoms with Crippen LogP contribution in [0.2, 0.25) is 0 Å². The molecule has 0 spiro atoms. The predicted molar refractivity (Wildman–Crippen MR) is 78.9 cm³/mol. The Morgan fingerprint density at radius 2 is 1.83 bits per heavy atom. The standard InChI is InChI=1S/C16H32N2/c1-13(2)16(18-9-4-5-10-18)12-17-15-8-6-7-14(3)11-15/h13-17H,4-12H2,1-3H3. The maximum absolute atomic E-state index is 3.87. The van der Waals surface area contributed by atoms with E-state index < -0.39 is 0 Å². The van der Waals surface area contributed by atoms with Gasteiger partial charge < -0.3 is 5.32 Å². The molecule has 1 aliphatic heterocycles. The molecule has 0 aromatic rings. The van der Waals surface area contributed by atoms with Crippen LogP contribution in [0.4, 0.5) is 0 Å². The summed E-state index contributed by atoms with van der Waals surface area (Å²) in [6, 6.07) is 1.54. The van der Waals surface area contributed by atoms with Crippen molar-refractivity contribution < 1.29 is 0 Å². The topological polar surface area (TPSA) is 15.3 Å². The smallest absolute Gasteiger partial charge is 0.0243 e. The highest BCUT2D eigenvalue weighted by molar-refractivity contribution is 4.83. The SMILES string of the molecule is CC1CCCC(NCC(C(C)C)N2CCCC2)C1. The van der Waals surface area contributed by atoms with Gasteiger partial charge in [0.05, 0.1) is 0 Å². The Kier molecular flexibility index (Phi) is 5.50. The van der Waals surface area contributed by atoms with Crippen molar-refractivity contribution in [2.45, 2.75) is 71.4 Å². The van der Waals surface area contributed by atoms with Crippen LogP contribution in [0.3, 0.4) is 0 Å². The van der Waals surface area contributed by atoms with Gasteiger partial charge in [0, 0.05) is 18.6 Å². The van der Waals surface area contributed by atoms with Gasteiger partial charge in [-0.05, 0) is 50.6 Å². The van der Waals surface area contributed by atoms with E-state index in [1.807, 2.05) is 0 Å². The number of nitrogens with one attached hydrogen (secondary N) is 1. The molecule has 1 N–H and O–H groups in total. The van der Waals surface area contributed by atoms with Crippen molar-refractivity contribution in [1.82, 2.24) is 10.2 Å². The molecule has 2 heteroatoms. The Morgan fingerprint density at radius 3 is 2.44 bits per heavy atom. The molecule has 0 aromatic heterocycles. The van der Waals surface area contributed by atoms with Gasteiger partial charge in [-0.3, -0.25) is 4.90 Å². The summed E-state index contributed by atoms with van der Waals surface area (Å²) in [7, 11) is 0. The predicted octanol–water partition coefficient (Wildman–Crippen LogP) is 3.28. The monoisotopic (exact) mass is 252 g/mol. The molecule has 3 unspecified atom stereocenters. The van der Waals surface area contributed by atoms with E-state index in [0.29, 0.717) is 0 Å². The van der Waals surface area contributed by atoms with Gasteiger partial charge in [-0.2, -0.15) is 0 Å². The third-order valence-corrected chi connectivity index (χ3v) is 4.93. The Morgan fingerprint density at radius 1 is 1.11 bits per heavy atom. The molecule has 2 aliphatic rings. The highest BCUT2D eigenvalue weighted by atomic mass is 15.2. The average Bonchev–Trinajstić information content (AvgIpc) is 2.82. The van der Waals surface area contributed by atoms with Crippen LogP contribution in [0.25, 0.3) is 0 Å². The van der Waals surface area contributed by atoms with Gasteiger partial charge in [0.1, 0.15) is 0 Å². The maximum Gasteiger partial charge on any atom is 0.0243 e. The highest BCUT2D eigenvalue weighted by Gasteiger charge is 2.26. The summed E-state index contributed by atoms with van der Waals surface area (Å²) in [5.74, 6) is 1.71. The van der Waals surface area contributed by atoms with Crippen molar-refractivity contribution in [1.29, 1.82) is 0 Å². The van der Waals surface area contributed by atoms with Crippen LogP contribution in [0.15, 0.2) is 0 Å². The summed E-state index contributed by atoms with van der Waals surface area (Å²) >= 11 is 0. The number of hydrogen-bond donors (Lipinski definition) is 1. The van der Waals surface area contributed by atoms with Crippen LogP contribution in [0.5, 0.6) is 0 Å². The van der Waals surface area contributed by atoms with Crippen LogP contribution in [-0.2, 0) is 0 Å². The third-order valence-electron chi connectivity index (χ3n) is 4.93. The van der Waals surface area contributed by atoms with Gasteiger partial charge >= 0.3 is 0 Å². The van der Waals surface area contributed by atoms with Crippen molar-refractivity contribution in [3.8, 4) is 0 Å². The second kappa shape index (κ2) is 6.91. The molecule has 0 radical (unpaired) electrons. The second-order valence-corrected chi connectivity index (χ2v) is 6.93. The Balaban J connectivity index is 1.78. The zero-order chi connectivity index (χ0) is 13.0. The fraction of sp³-hybridized carbons (Fsp3) is 1.00. The van der Waals surface area contributed by atoms with Crippen molar-refractivity contribution >= 4 is 0 Å². The Hall–Kier alpha value is -0.0800. The van der Waals surface area contributed by atoms with Gasteiger partial charge in [0.25, 0.3) is 0 Å². The second-order valence-electron chi connectivity index (χ2n) is 6.93. The van der Waals surface area contributed by atoms with Crippen LogP contribution in [-0.4, -0.2) is 36.6 Å². The van der Waals surface area contributed by atoms with Crippen LogP contribution in [0, 0.1) is 11.8 Å². The summed E-state index contributed by atoms with van der Waals surface area (Å²) in [4.78, 5) is 2.71. The zero-order valence-electron chi connectivity index (χ0n) is 12.6. The third kappa shape index (κ3) is 3.96. The fourth-order valence-electron chi connectivity index (χ4n) is 3.77. The van der Waals surface area contributed by atoms with Crippen molar-refractivity contribution in [2.24, 2.45) is 11.8 Å². The van der Waals surface area contributed by atoms with E-state index in [1.54, 1.807) is 0 Å². The van der Waals surface area contributed by atoms with Gasteiger partial charge in [0.2, 0.25) is 0 Å². The van der Waals surface area contributed by atoms with Crippen molar-refractivity contribution in [2.75, 3.05) is 19.6 Å². The highest BCUT2D eigenvalue weighted by Crippen LogP contribution is 2.24. The van der Waals surface area contributed by atoms with Crippen LogP contribution in [0.1, 0.15) is 59.3 Å². The Bertz CT molecular complexity index is 233. The number of hydrogen-bond acceptors (Lipinski definition) is 2. The quantitative estimate of drug-likeness (QED) is 0.808. The van der Waals surface area contributed by atoms with E-state index >= 15 is 0 Å². The first kappa shape index (κ1) is 14.3. The molecule has 2 fully saturated rings. The lowest BCUT2D eigenvalue weighted by Crippen LogP contribution is -2.47. The van der Waals surface area contributed by atoms with E-state index in [4.69, 9.17) is 0 Å². The largest absolute Gasteiger partial charge is 0.312 e. The molecule has 3 atom stereocenters. The van der Waals surface area contributed by atoms with Crippen LogP contribution >= 0.6 is 0 Å². The molecule has 2 rings (SSSR count). The summed E-state index contributed by atoms with van der Waals surface area (Å²) < 4.78 is 0. The van der Waals surface area contributed by atoms with E-state index in [9.17, 15) is 0 Å². The minimum absolute atomic E-state index is 0.754. The minimum atomic E-state index is 0.754. The minimum Gasteiger partial charge on any atom is -0.312 e. The van der Waals surface area contributed by atoms with Gasteiger partial charge in [-0.25, -0.2) is 0 Å². The molecule has 0 amide bonds. The van der Waals surface area contributed by atoms with Gasteiger partial charge in [-0.1, -0.05) is 33.6 Å². The number of nitrogens with zero attached hydrogens (tertiary/aromatic N) is 1. The summed E-state index contributed by atoms with van der Waals surface area (Å²) in [6.07, 6.45) is 8.47. The first-order valence-corrected chi connectivity index (χ1v) is 8.14. The molecule has 2 nitrogen and oxygen atoms in total. The number of likely N-dealkylation sites (tertiary alicyclic amines) is 1. The molecule has 0 bridgehead atoms. The Labute approximate surface area is 114 Å². The van der Waals surface area contributed by atoms with E-state index in [2.05, 4.69) is 31.0 Å². The molecule has 1 saturated heterocycles. The molecule has 18 heavy (non-hydrogen) atoms. The lowest BCUT2D eigenvalue weighted by Gasteiger charge is -2.34. The number of rotatable bonds is 5. The van der Waals surface area contributed by atoms with E-state index in [1.165, 1.54) is 58.2 Å². The van der Waals surface area contributed by atoms with E-state index in [-0.39, 0.29) is 0 Å². The molecular weight excluding hydrogens is 220 g/mol. The van der Waals surface area contributed by atoms with Gasteiger partial charge in [0.15, 0.2) is 0 Å². The normalized spacial score (nSPS) is 32.0. The van der Waals surface area contributed by atoms with E-state index in [0.717, 1.165) is 23.9 Å². The summed E-state index contributed by atoms with van der Waals surface area (Å²) in [5.41, 5.74) is 0. The fourth-order valence-corrected chi connectivity index (χ4v) is 3.77. The first-order valence-electron chi connectivity index (χ1n) is 8.14. The van der Waals surface area contributed by atoms with Crippen LogP contribution < -0.4 is 5.32 Å². The zero-order valence-corrected chi connectivity index (χ0v) is 12.6. The summed E-state index contributed by atoms with van der Waals surface area (Å²) in [6.45, 7) is 11.0. The lowest BCUT2D eigenvalue weighted by molar-refractivity contribution is 0.174.